The zero-order valence-corrected chi connectivity index (χ0v) is 14.9. The Bertz CT molecular complexity index is 593. The van der Waals surface area contributed by atoms with Crippen molar-refractivity contribution in [2.45, 2.75) is 38.9 Å². The van der Waals surface area contributed by atoms with Gasteiger partial charge in [0.05, 0.1) is 7.05 Å². The Kier molecular flexibility index (Phi) is 6.98. The van der Waals surface area contributed by atoms with Gasteiger partial charge in [-0.2, -0.15) is 13.2 Å². The second kappa shape index (κ2) is 8.33. The van der Waals surface area contributed by atoms with E-state index in [9.17, 15) is 22.8 Å². The number of carbonyl (C=O) groups excluding carboxylic acids is 2. The molecule has 0 fully saturated rings. The van der Waals surface area contributed by atoms with Crippen LogP contribution in [0.3, 0.4) is 0 Å². The molecule has 0 saturated carbocycles. The van der Waals surface area contributed by atoms with Gasteiger partial charge in [-0.05, 0) is 11.0 Å². The van der Waals surface area contributed by atoms with Crippen molar-refractivity contribution in [1.82, 2.24) is 10.6 Å². The molecule has 140 valence electrons. The molecule has 25 heavy (non-hydrogen) atoms. The maximum absolute atomic E-state index is 12.0. The summed E-state index contributed by atoms with van der Waals surface area (Å²) in [5.74, 6) is -0.636. The third-order valence-electron chi connectivity index (χ3n) is 3.49. The van der Waals surface area contributed by atoms with E-state index in [1.54, 1.807) is 12.4 Å². The van der Waals surface area contributed by atoms with E-state index < -0.39 is 24.7 Å². The molecule has 1 rings (SSSR count). The molecule has 0 bridgehead atoms. The SMILES string of the molecule is C[NH+](CC(=O)NC(=O)NCC(F)(F)F)Cc1ccc(C(C)(C)C)cc1. The molecule has 0 heterocycles. The molecule has 3 amide bonds. The molecule has 0 aliphatic heterocycles. The predicted octanol–water partition coefficient (Wildman–Crippen LogP) is 1.39. The van der Waals surface area contributed by atoms with E-state index in [1.807, 2.05) is 29.6 Å². The number of amides is 3. The predicted molar refractivity (Wildman–Crippen MR) is 88.2 cm³/mol. The molecular weight excluding hydrogens is 335 g/mol. The third kappa shape index (κ3) is 8.53. The number of halogens is 3. The van der Waals surface area contributed by atoms with E-state index in [-0.39, 0.29) is 12.0 Å². The van der Waals surface area contributed by atoms with Gasteiger partial charge in [-0.15, -0.1) is 0 Å². The number of quaternary nitrogens is 1. The van der Waals surface area contributed by atoms with Crippen LogP contribution in [0.1, 0.15) is 31.9 Å². The van der Waals surface area contributed by atoms with Crippen molar-refractivity contribution in [3.63, 3.8) is 0 Å². The normalized spacial score (nSPS) is 13.2. The Morgan fingerprint density at radius 3 is 2.12 bits per heavy atom. The first-order chi connectivity index (χ1) is 11.4. The summed E-state index contributed by atoms with van der Waals surface area (Å²) < 4.78 is 35.9. The van der Waals surface area contributed by atoms with Crippen molar-refractivity contribution in [2.75, 3.05) is 20.1 Å². The van der Waals surface area contributed by atoms with Gasteiger partial charge in [-0.3, -0.25) is 10.1 Å². The van der Waals surface area contributed by atoms with Gasteiger partial charge in [-0.25, -0.2) is 4.79 Å². The Hall–Kier alpha value is -2.09. The minimum absolute atomic E-state index is 0.0273. The molecule has 0 aliphatic rings. The maximum Gasteiger partial charge on any atom is 0.405 e. The number of imide groups is 1. The van der Waals surface area contributed by atoms with Gasteiger partial charge < -0.3 is 10.2 Å². The number of alkyl halides is 3. The monoisotopic (exact) mass is 360 g/mol. The highest BCUT2D eigenvalue weighted by atomic mass is 19.4. The Balaban J connectivity index is 2.44. The van der Waals surface area contributed by atoms with Crippen molar-refractivity contribution in [3.05, 3.63) is 35.4 Å². The van der Waals surface area contributed by atoms with E-state index >= 15 is 0 Å². The van der Waals surface area contributed by atoms with Crippen LogP contribution in [0, 0.1) is 0 Å². The second-order valence-electron chi connectivity index (χ2n) is 7.10. The van der Waals surface area contributed by atoms with Gasteiger partial charge in [0.15, 0.2) is 6.54 Å². The number of carbonyl (C=O) groups is 2. The smallest absolute Gasteiger partial charge is 0.329 e. The van der Waals surface area contributed by atoms with E-state index in [4.69, 9.17) is 0 Å². The number of hydrogen-bond acceptors (Lipinski definition) is 2. The zero-order valence-electron chi connectivity index (χ0n) is 14.9. The zero-order chi connectivity index (χ0) is 19.3. The molecule has 1 aromatic rings. The van der Waals surface area contributed by atoms with Crippen molar-refractivity contribution in [2.24, 2.45) is 0 Å². The molecule has 0 aromatic heterocycles. The molecule has 8 heteroatoms. The fourth-order valence-electron chi connectivity index (χ4n) is 2.20. The average molecular weight is 360 g/mol. The van der Waals surface area contributed by atoms with Crippen molar-refractivity contribution in [3.8, 4) is 0 Å². The Morgan fingerprint density at radius 2 is 1.64 bits per heavy atom. The highest BCUT2D eigenvalue weighted by molar-refractivity contribution is 5.94. The number of nitrogens with one attached hydrogen (secondary N) is 3. The van der Waals surface area contributed by atoms with Crippen LogP contribution in [0.15, 0.2) is 24.3 Å². The van der Waals surface area contributed by atoms with Crippen molar-refractivity contribution in [1.29, 1.82) is 0 Å². The van der Waals surface area contributed by atoms with E-state index in [0.717, 1.165) is 10.5 Å². The molecule has 0 radical (unpaired) electrons. The van der Waals surface area contributed by atoms with Crippen LogP contribution >= 0.6 is 0 Å². The molecule has 0 aliphatic carbocycles. The lowest BCUT2D eigenvalue weighted by Gasteiger charge is -2.19. The van der Waals surface area contributed by atoms with Gasteiger partial charge in [0.25, 0.3) is 5.91 Å². The lowest BCUT2D eigenvalue weighted by molar-refractivity contribution is -0.885. The van der Waals surface area contributed by atoms with Crippen LogP contribution in [0.4, 0.5) is 18.0 Å². The van der Waals surface area contributed by atoms with Gasteiger partial charge in [0.2, 0.25) is 0 Å². The molecule has 1 unspecified atom stereocenters. The standard InChI is InChI=1S/C17H24F3N3O2/c1-16(2,3)13-7-5-12(6-8-13)9-23(4)10-14(24)22-15(25)21-11-17(18,19)20/h5-8H,9-11H2,1-4H3,(H2,21,22,24,25)/p+1. The van der Waals surface area contributed by atoms with Crippen LogP contribution in [0.5, 0.6) is 0 Å². The number of rotatable bonds is 5. The van der Waals surface area contributed by atoms with E-state index in [0.29, 0.717) is 6.54 Å². The highest BCUT2D eigenvalue weighted by Crippen LogP contribution is 2.21. The summed E-state index contributed by atoms with van der Waals surface area (Å²) in [6.45, 7) is 5.41. The number of hydrogen-bond donors (Lipinski definition) is 3. The Labute approximate surface area is 145 Å². The van der Waals surface area contributed by atoms with Crippen LogP contribution in [-0.2, 0) is 16.8 Å². The molecule has 5 nitrogen and oxygen atoms in total. The van der Waals surface area contributed by atoms with Crippen LogP contribution in [0.25, 0.3) is 0 Å². The Morgan fingerprint density at radius 1 is 1.08 bits per heavy atom. The van der Waals surface area contributed by atoms with Gasteiger partial charge in [0.1, 0.15) is 13.1 Å². The largest absolute Gasteiger partial charge is 0.405 e. The van der Waals surface area contributed by atoms with Gasteiger partial charge in [0, 0.05) is 5.56 Å². The lowest BCUT2D eigenvalue weighted by Crippen LogP contribution is -3.09. The first-order valence-electron chi connectivity index (χ1n) is 7.92. The fourth-order valence-corrected chi connectivity index (χ4v) is 2.20. The number of benzene rings is 1. The summed E-state index contributed by atoms with van der Waals surface area (Å²) >= 11 is 0. The van der Waals surface area contributed by atoms with Gasteiger partial charge in [-0.1, -0.05) is 45.0 Å². The van der Waals surface area contributed by atoms with Crippen molar-refractivity contribution < 1.29 is 27.7 Å². The molecule has 3 N–H and O–H groups in total. The van der Waals surface area contributed by atoms with E-state index in [2.05, 4.69) is 20.8 Å². The molecule has 0 saturated heterocycles. The van der Waals surface area contributed by atoms with Crippen LogP contribution < -0.4 is 15.5 Å². The first-order valence-corrected chi connectivity index (χ1v) is 7.92. The highest BCUT2D eigenvalue weighted by Gasteiger charge is 2.28. The fraction of sp³-hybridized carbons (Fsp3) is 0.529. The average Bonchev–Trinajstić information content (AvgIpc) is 2.43. The summed E-state index contributed by atoms with van der Waals surface area (Å²) in [6, 6.07) is 6.89. The minimum Gasteiger partial charge on any atom is -0.329 e. The number of likely N-dealkylation sites (N-methyl/N-ethyl adjacent to an activating group) is 1. The first kappa shape index (κ1) is 21.0. The molecule has 0 spiro atoms. The topological polar surface area (TPSA) is 62.6 Å². The summed E-state index contributed by atoms with van der Waals surface area (Å²) in [5, 5.41) is 3.48. The number of urea groups is 1. The summed E-state index contributed by atoms with van der Waals surface area (Å²) in [4.78, 5) is 23.7. The van der Waals surface area contributed by atoms with Crippen LogP contribution in [0.2, 0.25) is 0 Å². The summed E-state index contributed by atoms with van der Waals surface area (Å²) in [7, 11) is 1.77. The summed E-state index contributed by atoms with van der Waals surface area (Å²) in [6.07, 6.45) is -4.51. The molecular formula is C17H25F3N3O2+. The quantitative estimate of drug-likeness (QED) is 0.743. The third-order valence-corrected chi connectivity index (χ3v) is 3.49. The summed E-state index contributed by atoms with van der Waals surface area (Å²) in [5.41, 5.74) is 2.29. The van der Waals surface area contributed by atoms with E-state index in [1.165, 1.54) is 5.56 Å². The minimum atomic E-state index is -4.51. The maximum atomic E-state index is 12.0. The lowest BCUT2D eigenvalue weighted by atomic mass is 9.87. The van der Waals surface area contributed by atoms with Crippen molar-refractivity contribution >= 4 is 11.9 Å². The molecule has 1 aromatic carbocycles. The van der Waals surface area contributed by atoms with Crippen LogP contribution in [-0.4, -0.2) is 38.3 Å². The second-order valence-corrected chi connectivity index (χ2v) is 7.10. The molecule has 1 atom stereocenters. The van der Waals surface area contributed by atoms with Gasteiger partial charge >= 0.3 is 12.2 Å².